The van der Waals surface area contributed by atoms with Crippen LogP contribution in [-0.2, 0) is 14.4 Å². The maximum absolute atomic E-state index is 13.6. The number of allylic oxidation sites excluding steroid dienone is 4. The van der Waals surface area contributed by atoms with E-state index >= 15 is 0 Å². The molecule has 1 heterocycles. The SMILES string of the molecule is C=N/C(C)=C(\SC)C1C=CC(C(C)NC(=O)C2CCCN2C(=O)C(NC(=O)CCCN)C(C)(C)C)=CC1.CC. The number of hydrogen-bond acceptors (Lipinski definition) is 6. The predicted molar refractivity (Wildman–Crippen MR) is 164 cm³/mol. The monoisotopic (exact) mass is 561 g/mol. The molecule has 3 amide bonds. The van der Waals surface area contributed by atoms with Crippen LogP contribution in [0.5, 0.6) is 0 Å². The number of carbonyl (C=O) groups excluding carboxylic acids is 3. The van der Waals surface area contributed by atoms with Gasteiger partial charge in [0.15, 0.2) is 0 Å². The summed E-state index contributed by atoms with van der Waals surface area (Å²) in [4.78, 5) is 46.2. The van der Waals surface area contributed by atoms with Crippen LogP contribution in [0, 0.1) is 11.3 Å². The number of hydrogen-bond donors (Lipinski definition) is 3. The van der Waals surface area contributed by atoms with Crippen LogP contribution in [0.25, 0.3) is 0 Å². The minimum absolute atomic E-state index is 0.159. The first-order valence-electron chi connectivity index (χ1n) is 14.1. The summed E-state index contributed by atoms with van der Waals surface area (Å²) in [5.74, 6) is -0.306. The zero-order valence-corrected chi connectivity index (χ0v) is 26.1. The average Bonchev–Trinajstić information content (AvgIpc) is 3.41. The average molecular weight is 562 g/mol. The molecule has 9 heteroatoms. The van der Waals surface area contributed by atoms with E-state index in [2.05, 4.69) is 40.6 Å². The maximum atomic E-state index is 13.6. The van der Waals surface area contributed by atoms with Gasteiger partial charge in [-0.15, -0.1) is 11.8 Å². The molecular weight excluding hydrogens is 510 g/mol. The quantitative estimate of drug-likeness (QED) is 0.319. The molecule has 0 bridgehead atoms. The molecule has 4 unspecified atom stereocenters. The normalized spacial score (nSPS) is 21.1. The molecule has 0 aromatic rings. The van der Waals surface area contributed by atoms with Crippen molar-refractivity contribution in [2.45, 2.75) is 98.7 Å². The Bertz CT molecular complexity index is 951. The van der Waals surface area contributed by atoms with E-state index in [4.69, 9.17) is 5.73 Å². The minimum atomic E-state index is -0.711. The van der Waals surface area contributed by atoms with Gasteiger partial charge in [0.05, 0.1) is 6.04 Å². The fraction of sp³-hybridized carbons (Fsp3) is 0.667. The van der Waals surface area contributed by atoms with Gasteiger partial charge in [0.1, 0.15) is 12.1 Å². The molecule has 0 saturated carbocycles. The van der Waals surface area contributed by atoms with Crippen molar-refractivity contribution < 1.29 is 14.4 Å². The van der Waals surface area contributed by atoms with Crippen LogP contribution in [0.2, 0.25) is 0 Å². The third-order valence-corrected chi connectivity index (χ3v) is 8.04. The molecule has 1 aliphatic carbocycles. The van der Waals surface area contributed by atoms with Gasteiger partial charge in [-0.05, 0) is 70.0 Å². The number of nitrogens with zero attached hydrogens (tertiary/aromatic N) is 2. The summed E-state index contributed by atoms with van der Waals surface area (Å²) in [6.45, 7) is 18.3. The molecule has 4 atom stereocenters. The molecular formula is C30H51N5O3S. The summed E-state index contributed by atoms with van der Waals surface area (Å²) < 4.78 is 0. The van der Waals surface area contributed by atoms with Crippen LogP contribution in [0.15, 0.2) is 39.4 Å². The summed E-state index contributed by atoms with van der Waals surface area (Å²) in [6, 6.07) is -1.44. The van der Waals surface area contributed by atoms with Crippen molar-refractivity contribution in [1.29, 1.82) is 0 Å². The molecule has 0 aromatic carbocycles. The minimum Gasteiger partial charge on any atom is -0.348 e. The second kappa shape index (κ2) is 16.7. The third kappa shape index (κ3) is 9.94. The number of thioether (sulfide) groups is 1. The summed E-state index contributed by atoms with van der Waals surface area (Å²) in [6.07, 6.45) is 11.5. The lowest BCUT2D eigenvalue weighted by Crippen LogP contribution is -2.58. The van der Waals surface area contributed by atoms with E-state index < -0.39 is 17.5 Å². The van der Waals surface area contributed by atoms with Gasteiger partial charge in [-0.2, -0.15) is 0 Å². The van der Waals surface area contributed by atoms with E-state index in [-0.39, 0.29) is 36.1 Å². The largest absolute Gasteiger partial charge is 0.348 e. The van der Waals surface area contributed by atoms with Gasteiger partial charge in [0.2, 0.25) is 17.7 Å². The lowest BCUT2D eigenvalue weighted by molar-refractivity contribution is -0.144. The summed E-state index contributed by atoms with van der Waals surface area (Å²) in [5, 5.41) is 6.01. The van der Waals surface area contributed by atoms with Crippen molar-refractivity contribution in [3.05, 3.63) is 34.4 Å². The Labute approximate surface area is 240 Å². The number of aliphatic imine (C=N–C) groups is 1. The van der Waals surface area contributed by atoms with E-state index in [1.54, 1.807) is 16.7 Å². The van der Waals surface area contributed by atoms with Gasteiger partial charge in [0.25, 0.3) is 0 Å². The molecule has 1 fully saturated rings. The van der Waals surface area contributed by atoms with Gasteiger partial charge in [-0.3, -0.25) is 19.4 Å². The summed E-state index contributed by atoms with van der Waals surface area (Å²) in [5.41, 5.74) is 7.02. The van der Waals surface area contributed by atoms with Crippen molar-refractivity contribution in [2.75, 3.05) is 19.3 Å². The molecule has 8 nitrogen and oxygen atoms in total. The van der Waals surface area contributed by atoms with Crippen molar-refractivity contribution in [1.82, 2.24) is 15.5 Å². The third-order valence-electron chi connectivity index (χ3n) is 7.00. The van der Waals surface area contributed by atoms with Gasteiger partial charge in [0, 0.05) is 29.5 Å². The maximum Gasteiger partial charge on any atom is 0.246 e. The molecule has 1 saturated heterocycles. The molecule has 2 aliphatic rings. The van der Waals surface area contributed by atoms with Crippen molar-refractivity contribution >= 4 is 36.2 Å². The zero-order chi connectivity index (χ0) is 29.8. The Balaban J connectivity index is 0.00000371. The van der Waals surface area contributed by atoms with E-state index in [9.17, 15) is 14.4 Å². The van der Waals surface area contributed by atoms with Crippen LogP contribution in [0.3, 0.4) is 0 Å². The van der Waals surface area contributed by atoms with E-state index in [1.165, 1.54) is 4.91 Å². The van der Waals surface area contributed by atoms with Crippen LogP contribution in [0.1, 0.15) is 80.6 Å². The lowest BCUT2D eigenvalue weighted by Gasteiger charge is -2.35. The highest BCUT2D eigenvalue weighted by atomic mass is 32.2. The smallest absolute Gasteiger partial charge is 0.246 e. The highest BCUT2D eigenvalue weighted by Crippen LogP contribution is 2.33. The molecule has 220 valence electrons. The van der Waals surface area contributed by atoms with E-state index in [0.29, 0.717) is 25.9 Å². The molecule has 39 heavy (non-hydrogen) atoms. The fourth-order valence-electron chi connectivity index (χ4n) is 4.80. The fourth-order valence-corrected chi connectivity index (χ4v) is 5.64. The van der Waals surface area contributed by atoms with Gasteiger partial charge >= 0.3 is 0 Å². The Hall–Kier alpha value is -2.39. The second-order valence-electron chi connectivity index (χ2n) is 10.9. The van der Waals surface area contributed by atoms with Crippen molar-refractivity contribution in [3.63, 3.8) is 0 Å². The zero-order valence-electron chi connectivity index (χ0n) is 25.3. The predicted octanol–water partition coefficient (Wildman–Crippen LogP) is 4.58. The highest BCUT2D eigenvalue weighted by Gasteiger charge is 2.42. The molecule has 2 rings (SSSR count). The Kier molecular flexibility index (Phi) is 14.8. The van der Waals surface area contributed by atoms with E-state index in [0.717, 1.165) is 24.1 Å². The van der Waals surface area contributed by atoms with Crippen LogP contribution >= 0.6 is 11.8 Å². The number of rotatable bonds is 11. The van der Waals surface area contributed by atoms with Crippen molar-refractivity contribution in [3.8, 4) is 0 Å². The van der Waals surface area contributed by atoms with Gasteiger partial charge in [-0.1, -0.05) is 52.8 Å². The first-order chi connectivity index (χ1) is 18.4. The van der Waals surface area contributed by atoms with Gasteiger partial charge < -0.3 is 21.3 Å². The van der Waals surface area contributed by atoms with Crippen LogP contribution < -0.4 is 16.4 Å². The number of nitrogens with two attached hydrogens (primary N) is 1. The second-order valence-corrected chi connectivity index (χ2v) is 11.7. The highest BCUT2D eigenvalue weighted by molar-refractivity contribution is 8.02. The first-order valence-corrected chi connectivity index (χ1v) is 15.4. The first kappa shape index (κ1) is 34.6. The van der Waals surface area contributed by atoms with Crippen LogP contribution in [-0.4, -0.2) is 66.8 Å². The Morgan fingerprint density at radius 3 is 2.44 bits per heavy atom. The molecule has 4 N–H and O–H groups in total. The number of likely N-dealkylation sites (tertiary alicyclic amines) is 1. The lowest BCUT2D eigenvalue weighted by atomic mass is 9.85. The van der Waals surface area contributed by atoms with Gasteiger partial charge in [-0.25, -0.2) is 0 Å². The number of carbonyl (C=O) groups is 3. The summed E-state index contributed by atoms with van der Waals surface area (Å²) in [7, 11) is 0. The Morgan fingerprint density at radius 1 is 1.26 bits per heavy atom. The topological polar surface area (TPSA) is 117 Å². The number of amides is 3. The molecule has 0 spiro atoms. The molecule has 0 radical (unpaired) electrons. The molecule has 1 aliphatic heterocycles. The molecule has 0 aromatic heterocycles. The summed E-state index contributed by atoms with van der Waals surface area (Å²) >= 11 is 1.69. The number of nitrogens with one attached hydrogen (secondary N) is 2. The van der Waals surface area contributed by atoms with Crippen molar-refractivity contribution in [2.24, 2.45) is 22.1 Å². The van der Waals surface area contributed by atoms with E-state index in [1.807, 2.05) is 54.7 Å². The standard InChI is InChI=1S/C28H45N5O3S.C2H6/c1-18(20-12-14-21(15-13-20)24(37-7)19(2)30-6)31-26(35)22-10-9-17-33(22)27(36)25(28(3,4)5)32-23(34)11-8-16-29;1-2/h12-14,18,21-22,25H,6,8-11,15-17,29H2,1-5,7H3,(H,31,35)(H,32,34);1-2H3/b24-19-;. The van der Waals surface area contributed by atoms with Crippen LogP contribution in [0.4, 0.5) is 0 Å². The Morgan fingerprint density at radius 2 is 1.92 bits per heavy atom.